The van der Waals surface area contributed by atoms with Crippen molar-refractivity contribution in [3.8, 4) is 0 Å². The van der Waals surface area contributed by atoms with Crippen molar-refractivity contribution in [1.29, 1.82) is 0 Å². The van der Waals surface area contributed by atoms with Gasteiger partial charge in [0.25, 0.3) is 0 Å². The zero-order valence-electron chi connectivity index (χ0n) is 15.0. The fourth-order valence-electron chi connectivity index (χ4n) is 4.05. The van der Waals surface area contributed by atoms with Gasteiger partial charge in [-0.15, -0.1) is 0 Å². The van der Waals surface area contributed by atoms with Crippen molar-refractivity contribution in [3.63, 3.8) is 0 Å². The van der Waals surface area contributed by atoms with Crippen molar-refractivity contribution in [2.75, 3.05) is 32.6 Å². The molecule has 5 nitrogen and oxygen atoms in total. The molecule has 26 heavy (non-hydrogen) atoms. The molecule has 2 amide bonds. The van der Waals surface area contributed by atoms with Gasteiger partial charge >= 0.3 is 6.03 Å². The minimum absolute atomic E-state index is 0.0351. The Morgan fingerprint density at radius 1 is 1.27 bits per heavy atom. The smallest absolute Gasteiger partial charge is 0.321 e. The monoisotopic (exact) mass is 371 g/mol. The lowest BCUT2D eigenvalue weighted by atomic mass is 10.1. The summed E-state index contributed by atoms with van der Waals surface area (Å²) in [6.45, 7) is 1.75. The van der Waals surface area contributed by atoms with E-state index < -0.39 is 29.2 Å². The van der Waals surface area contributed by atoms with Crippen LogP contribution in [0, 0.1) is 17.5 Å². The van der Waals surface area contributed by atoms with Gasteiger partial charge in [0.1, 0.15) is 5.82 Å². The van der Waals surface area contributed by atoms with E-state index in [-0.39, 0.29) is 18.2 Å². The van der Waals surface area contributed by atoms with Gasteiger partial charge in [0.2, 0.25) is 0 Å². The van der Waals surface area contributed by atoms with Gasteiger partial charge in [0.15, 0.2) is 11.6 Å². The normalized spacial score (nSPS) is 26.3. The highest BCUT2D eigenvalue weighted by Gasteiger charge is 2.39. The number of methoxy groups -OCH3 is 1. The van der Waals surface area contributed by atoms with Crippen molar-refractivity contribution in [2.24, 2.45) is 0 Å². The van der Waals surface area contributed by atoms with Crippen molar-refractivity contribution < 1.29 is 22.7 Å². The van der Waals surface area contributed by atoms with Crippen LogP contribution in [-0.2, 0) is 4.74 Å². The van der Waals surface area contributed by atoms with Gasteiger partial charge in [-0.3, -0.25) is 4.90 Å². The fourth-order valence-corrected chi connectivity index (χ4v) is 4.05. The van der Waals surface area contributed by atoms with Crippen LogP contribution in [0.15, 0.2) is 12.1 Å². The molecule has 2 aliphatic rings. The lowest BCUT2D eigenvalue weighted by molar-refractivity contribution is 0.0907. The first kappa shape index (κ1) is 19.0. The van der Waals surface area contributed by atoms with Crippen molar-refractivity contribution in [2.45, 2.75) is 43.9 Å². The van der Waals surface area contributed by atoms with Crippen molar-refractivity contribution in [1.82, 2.24) is 9.80 Å². The van der Waals surface area contributed by atoms with Crippen LogP contribution >= 0.6 is 0 Å². The average Bonchev–Trinajstić information content (AvgIpc) is 3.26. The molecule has 8 heteroatoms. The number of carbonyl (C=O) groups is 1. The maximum Gasteiger partial charge on any atom is 0.321 e. The van der Waals surface area contributed by atoms with Gasteiger partial charge in [-0.1, -0.05) is 0 Å². The Morgan fingerprint density at radius 3 is 2.73 bits per heavy atom. The van der Waals surface area contributed by atoms with E-state index in [0.29, 0.717) is 6.07 Å². The average molecular weight is 371 g/mol. The summed E-state index contributed by atoms with van der Waals surface area (Å²) in [6, 6.07) is 0.821. The third-order valence-corrected chi connectivity index (χ3v) is 5.48. The third kappa shape index (κ3) is 3.81. The number of amides is 2. The highest BCUT2D eigenvalue weighted by molar-refractivity contribution is 5.89. The summed E-state index contributed by atoms with van der Waals surface area (Å²) in [7, 11) is 3.34. The molecule has 3 atom stereocenters. The molecule has 2 fully saturated rings. The molecule has 1 saturated carbocycles. The molecule has 1 aromatic rings. The highest BCUT2D eigenvalue weighted by Crippen LogP contribution is 2.31. The van der Waals surface area contributed by atoms with Crippen LogP contribution in [0.25, 0.3) is 0 Å². The van der Waals surface area contributed by atoms with Gasteiger partial charge in [-0.25, -0.2) is 18.0 Å². The zero-order valence-corrected chi connectivity index (χ0v) is 15.0. The number of ether oxygens (including phenoxy) is 1. The second-order valence-corrected chi connectivity index (χ2v) is 7.00. The highest BCUT2D eigenvalue weighted by atomic mass is 19.2. The molecule has 0 radical (unpaired) electrons. The standard InChI is InChI=1S/C18H24F3N3O2/c1-23(18(25)22-14-9-11(19)8-13(20)17(14)21)15-4-3-5-16(15)24-7-6-12(10-24)26-2/h8-9,12,15-16H,3-7,10H2,1-2H3,(H,22,25)/t12?,15-,16+/m0/s1. The van der Waals surface area contributed by atoms with Gasteiger partial charge in [0, 0.05) is 51.5 Å². The number of benzene rings is 1. The van der Waals surface area contributed by atoms with Crippen molar-refractivity contribution >= 4 is 11.7 Å². The molecule has 1 aromatic carbocycles. The quantitative estimate of drug-likeness (QED) is 0.827. The number of likely N-dealkylation sites (N-methyl/N-ethyl adjacent to an activating group) is 1. The summed E-state index contributed by atoms with van der Waals surface area (Å²) in [5, 5.41) is 2.29. The number of nitrogens with zero attached hydrogens (tertiary/aromatic N) is 2. The van der Waals surface area contributed by atoms with Gasteiger partial charge in [-0.2, -0.15) is 0 Å². The van der Waals surface area contributed by atoms with Crippen LogP contribution in [0.4, 0.5) is 23.7 Å². The molecule has 1 N–H and O–H groups in total. The molecule has 1 aliphatic carbocycles. The zero-order chi connectivity index (χ0) is 18.8. The minimum atomic E-state index is -1.33. The van der Waals surface area contributed by atoms with Gasteiger partial charge in [-0.05, 0) is 25.7 Å². The lowest BCUT2D eigenvalue weighted by Gasteiger charge is -2.35. The van der Waals surface area contributed by atoms with Crippen LogP contribution in [0.2, 0.25) is 0 Å². The molecule has 1 saturated heterocycles. The number of nitrogens with one attached hydrogen (secondary N) is 1. The Bertz CT molecular complexity index is 673. The van der Waals surface area contributed by atoms with Crippen LogP contribution in [0.3, 0.4) is 0 Å². The Hall–Kier alpha value is -1.80. The largest absolute Gasteiger partial charge is 0.380 e. The molecule has 0 aromatic heterocycles. The van der Waals surface area contributed by atoms with Crippen LogP contribution in [0.1, 0.15) is 25.7 Å². The van der Waals surface area contributed by atoms with Crippen LogP contribution in [-0.4, -0.2) is 61.3 Å². The van der Waals surface area contributed by atoms with Gasteiger partial charge < -0.3 is 15.0 Å². The topological polar surface area (TPSA) is 44.8 Å². The van der Waals surface area contributed by atoms with Gasteiger partial charge in [0.05, 0.1) is 11.8 Å². The van der Waals surface area contributed by atoms with E-state index in [2.05, 4.69) is 10.2 Å². The summed E-state index contributed by atoms with van der Waals surface area (Å²) in [5.74, 6) is -3.54. The molecule has 3 rings (SSSR count). The number of hydrogen-bond donors (Lipinski definition) is 1. The van der Waals surface area contributed by atoms with Crippen LogP contribution in [0.5, 0.6) is 0 Å². The number of anilines is 1. The molecular formula is C18H24F3N3O2. The maximum atomic E-state index is 13.8. The van der Waals surface area contributed by atoms with Crippen molar-refractivity contribution in [3.05, 3.63) is 29.6 Å². The van der Waals surface area contributed by atoms with Crippen LogP contribution < -0.4 is 5.32 Å². The number of urea groups is 1. The SMILES string of the molecule is COC1CCN([C@@H]2CCC[C@@H]2N(C)C(=O)Nc2cc(F)cc(F)c2F)C1. The second kappa shape index (κ2) is 7.84. The second-order valence-electron chi connectivity index (χ2n) is 7.00. The molecular weight excluding hydrogens is 347 g/mol. The summed E-state index contributed by atoms with van der Waals surface area (Å²) in [5.41, 5.74) is -0.491. The lowest BCUT2D eigenvalue weighted by Crippen LogP contribution is -2.50. The first-order valence-corrected chi connectivity index (χ1v) is 8.86. The Balaban J connectivity index is 1.68. The predicted octanol–water partition coefficient (Wildman–Crippen LogP) is 3.21. The molecule has 1 aliphatic heterocycles. The summed E-state index contributed by atoms with van der Waals surface area (Å²) < 4.78 is 45.8. The molecule has 1 heterocycles. The first-order chi connectivity index (χ1) is 12.4. The van der Waals surface area contributed by atoms with E-state index in [1.54, 1.807) is 14.2 Å². The Labute approximate surface area is 151 Å². The van der Waals surface area contributed by atoms with E-state index in [1.807, 2.05) is 0 Å². The summed E-state index contributed by atoms with van der Waals surface area (Å²) >= 11 is 0. The van der Waals surface area contributed by atoms with E-state index in [4.69, 9.17) is 4.74 Å². The van der Waals surface area contributed by atoms with E-state index in [0.717, 1.165) is 44.8 Å². The number of hydrogen-bond acceptors (Lipinski definition) is 3. The first-order valence-electron chi connectivity index (χ1n) is 8.86. The predicted molar refractivity (Wildman–Crippen MR) is 91.5 cm³/mol. The Kier molecular flexibility index (Phi) is 5.72. The number of carbonyl (C=O) groups excluding carboxylic acids is 1. The molecule has 0 spiro atoms. The van der Waals surface area contributed by atoms with E-state index >= 15 is 0 Å². The molecule has 144 valence electrons. The minimum Gasteiger partial charge on any atom is -0.380 e. The molecule has 1 unspecified atom stereocenters. The molecule has 0 bridgehead atoms. The fraction of sp³-hybridized carbons (Fsp3) is 0.611. The number of rotatable bonds is 4. The number of halogens is 3. The summed E-state index contributed by atoms with van der Waals surface area (Å²) in [6.07, 6.45) is 3.97. The Morgan fingerprint density at radius 2 is 2.04 bits per heavy atom. The number of likely N-dealkylation sites (tertiary alicyclic amines) is 1. The summed E-state index contributed by atoms with van der Waals surface area (Å²) in [4.78, 5) is 16.4. The third-order valence-electron chi connectivity index (χ3n) is 5.48. The van der Waals surface area contributed by atoms with E-state index in [9.17, 15) is 18.0 Å². The van der Waals surface area contributed by atoms with E-state index in [1.165, 1.54) is 4.90 Å². The maximum absolute atomic E-state index is 13.8.